The van der Waals surface area contributed by atoms with Crippen molar-refractivity contribution in [3.05, 3.63) is 29.6 Å². The number of nitrogen functional groups attached to an aromatic ring is 1. The third-order valence-electron chi connectivity index (χ3n) is 3.22. The maximum absolute atomic E-state index is 13.8. The molecule has 2 rings (SSSR count). The lowest BCUT2D eigenvalue weighted by molar-refractivity contribution is -0.0529. The van der Waals surface area contributed by atoms with E-state index in [0.29, 0.717) is 24.8 Å². The highest BCUT2D eigenvalue weighted by Gasteiger charge is 2.24. The smallest absolute Gasteiger partial charge is 0.150 e. The Hall–Kier alpha value is -1.13. The van der Waals surface area contributed by atoms with E-state index >= 15 is 0 Å². The molecule has 1 aromatic rings. The lowest BCUT2D eigenvalue weighted by atomic mass is 10.1. The van der Waals surface area contributed by atoms with Crippen LogP contribution in [0.2, 0.25) is 0 Å². The molecule has 1 heterocycles. The summed E-state index contributed by atoms with van der Waals surface area (Å²) in [6, 6.07) is 5.48. The Morgan fingerprint density at radius 1 is 1.47 bits per heavy atom. The van der Waals surface area contributed by atoms with Crippen molar-refractivity contribution in [1.29, 1.82) is 0 Å². The van der Waals surface area contributed by atoms with E-state index in [1.54, 1.807) is 18.2 Å². The van der Waals surface area contributed by atoms with Gasteiger partial charge in [0.2, 0.25) is 0 Å². The average Bonchev–Trinajstić information content (AvgIpc) is 2.30. The molecule has 2 atom stereocenters. The van der Waals surface area contributed by atoms with Crippen LogP contribution in [-0.4, -0.2) is 30.2 Å². The van der Waals surface area contributed by atoms with Crippen molar-refractivity contribution in [1.82, 2.24) is 4.90 Å². The van der Waals surface area contributed by atoms with E-state index in [4.69, 9.17) is 10.5 Å². The van der Waals surface area contributed by atoms with Gasteiger partial charge in [-0.3, -0.25) is 4.90 Å². The van der Waals surface area contributed by atoms with E-state index in [2.05, 4.69) is 11.8 Å². The molecule has 0 aliphatic carbocycles. The van der Waals surface area contributed by atoms with E-state index in [0.717, 1.165) is 6.54 Å². The fourth-order valence-corrected chi connectivity index (χ4v) is 2.13. The highest BCUT2D eigenvalue weighted by Crippen LogP contribution is 2.20. The zero-order chi connectivity index (χ0) is 12.4. The number of morpholine rings is 1. The molecule has 0 saturated carbocycles. The summed E-state index contributed by atoms with van der Waals surface area (Å²) < 4.78 is 19.3. The lowest BCUT2D eigenvalue weighted by Crippen LogP contribution is -2.46. The molecule has 2 unspecified atom stereocenters. The van der Waals surface area contributed by atoms with Crippen LogP contribution in [0.3, 0.4) is 0 Å². The molecule has 1 aliphatic heterocycles. The van der Waals surface area contributed by atoms with E-state index in [1.807, 2.05) is 6.92 Å². The molecule has 1 aromatic carbocycles. The maximum Gasteiger partial charge on any atom is 0.150 e. The molecule has 1 fully saturated rings. The summed E-state index contributed by atoms with van der Waals surface area (Å²) in [5.74, 6) is -0.293. The number of anilines is 1. The molecule has 17 heavy (non-hydrogen) atoms. The molecule has 2 N–H and O–H groups in total. The fourth-order valence-electron chi connectivity index (χ4n) is 2.13. The normalized spacial score (nSPS) is 26.1. The third kappa shape index (κ3) is 2.76. The van der Waals surface area contributed by atoms with E-state index < -0.39 is 0 Å². The molecule has 0 bridgehead atoms. The predicted molar refractivity (Wildman–Crippen MR) is 66.1 cm³/mol. The number of nitrogens with zero attached hydrogens (tertiary/aromatic N) is 1. The van der Waals surface area contributed by atoms with Gasteiger partial charge in [0.05, 0.1) is 18.4 Å². The summed E-state index contributed by atoms with van der Waals surface area (Å²) in [5.41, 5.74) is 6.45. The summed E-state index contributed by atoms with van der Waals surface area (Å²) >= 11 is 0. The number of ether oxygens (including phenoxy) is 1. The van der Waals surface area contributed by atoms with Crippen molar-refractivity contribution >= 4 is 5.69 Å². The minimum absolute atomic E-state index is 0.204. The van der Waals surface area contributed by atoms with Gasteiger partial charge in [0.1, 0.15) is 0 Å². The zero-order valence-corrected chi connectivity index (χ0v) is 10.3. The minimum Gasteiger partial charge on any atom is -0.396 e. The van der Waals surface area contributed by atoms with Gasteiger partial charge in [-0.15, -0.1) is 0 Å². The summed E-state index contributed by atoms with van der Waals surface area (Å²) in [7, 11) is 0. The van der Waals surface area contributed by atoms with Crippen molar-refractivity contribution in [2.75, 3.05) is 18.9 Å². The van der Waals surface area contributed by atoms with Gasteiger partial charge in [0.15, 0.2) is 5.82 Å². The van der Waals surface area contributed by atoms with Crippen molar-refractivity contribution in [2.45, 2.75) is 32.5 Å². The Kier molecular flexibility index (Phi) is 3.64. The van der Waals surface area contributed by atoms with Crippen LogP contribution in [0.4, 0.5) is 10.1 Å². The Balaban J connectivity index is 2.11. The highest BCUT2D eigenvalue weighted by molar-refractivity contribution is 5.42. The summed E-state index contributed by atoms with van der Waals surface area (Å²) in [6.45, 7) is 6.25. The quantitative estimate of drug-likeness (QED) is 0.801. The first-order chi connectivity index (χ1) is 8.08. The molecular formula is C13H19FN2O. The van der Waals surface area contributed by atoms with E-state index in [1.165, 1.54) is 0 Å². The molecule has 94 valence electrons. The van der Waals surface area contributed by atoms with Gasteiger partial charge in [-0.25, -0.2) is 4.39 Å². The summed E-state index contributed by atoms with van der Waals surface area (Å²) in [6.07, 6.45) is 0.204. The van der Waals surface area contributed by atoms with Gasteiger partial charge < -0.3 is 10.5 Å². The zero-order valence-electron chi connectivity index (χ0n) is 10.3. The second kappa shape index (κ2) is 5.02. The number of hydrogen-bond donors (Lipinski definition) is 1. The van der Waals surface area contributed by atoms with Gasteiger partial charge in [-0.1, -0.05) is 12.1 Å². The molecule has 0 amide bonds. The number of halogens is 1. The monoisotopic (exact) mass is 238 g/mol. The molecular weight excluding hydrogens is 219 g/mol. The maximum atomic E-state index is 13.8. The summed E-state index contributed by atoms with van der Waals surface area (Å²) in [4.78, 5) is 2.23. The van der Waals surface area contributed by atoms with E-state index in [-0.39, 0.29) is 17.6 Å². The first-order valence-electron chi connectivity index (χ1n) is 5.96. The van der Waals surface area contributed by atoms with Crippen LogP contribution in [0.5, 0.6) is 0 Å². The summed E-state index contributed by atoms with van der Waals surface area (Å²) in [5, 5.41) is 0. The van der Waals surface area contributed by atoms with Crippen molar-refractivity contribution < 1.29 is 9.13 Å². The standard InChI is InChI=1S/C13H19FN2O/c1-9-8-17-10(2)6-16(9)7-11-4-3-5-12(15)13(11)14/h3-5,9-10H,6-8,15H2,1-2H3. The van der Waals surface area contributed by atoms with Crippen LogP contribution in [-0.2, 0) is 11.3 Å². The fraction of sp³-hybridized carbons (Fsp3) is 0.538. The molecule has 4 heteroatoms. The van der Waals surface area contributed by atoms with Gasteiger partial charge in [0, 0.05) is 24.7 Å². The second-order valence-electron chi connectivity index (χ2n) is 4.74. The predicted octanol–water partition coefficient (Wildman–Crippen LogP) is 2.02. The van der Waals surface area contributed by atoms with Crippen LogP contribution in [0, 0.1) is 5.82 Å². The van der Waals surface area contributed by atoms with Crippen molar-refractivity contribution in [3.63, 3.8) is 0 Å². The van der Waals surface area contributed by atoms with Gasteiger partial charge in [0.25, 0.3) is 0 Å². The van der Waals surface area contributed by atoms with Gasteiger partial charge in [-0.2, -0.15) is 0 Å². The van der Waals surface area contributed by atoms with Crippen LogP contribution in [0.15, 0.2) is 18.2 Å². The molecule has 1 aliphatic rings. The number of benzene rings is 1. The molecule has 1 saturated heterocycles. The molecule has 3 nitrogen and oxygen atoms in total. The van der Waals surface area contributed by atoms with Crippen LogP contribution in [0.25, 0.3) is 0 Å². The highest BCUT2D eigenvalue weighted by atomic mass is 19.1. The largest absolute Gasteiger partial charge is 0.396 e. The van der Waals surface area contributed by atoms with Gasteiger partial charge >= 0.3 is 0 Å². The van der Waals surface area contributed by atoms with Crippen molar-refractivity contribution in [2.24, 2.45) is 0 Å². The number of hydrogen-bond acceptors (Lipinski definition) is 3. The topological polar surface area (TPSA) is 38.5 Å². The second-order valence-corrected chi connectivity index (χ2v) is 4.74. The Morgan fingerprint density at radius 3 is 3.00 bits per heavy atom. The first kappa shape index (κ1) is 12.3. The molecule has 0 aromatic heterocycles. The lowest BCUT2D eigenvalue weighted by Gasteiger charge is -2.36. The number of rotatable bonds is 2. The van der Waals surface area contributed by atoms with Gasteiger partial charge in [-0.05, 0) is 19.9 Å². The Labute approximate surface area is 101 Å². The minimum atomic E-state index is -0.293. The SMILES string of the molecule is CC1CN(Cc2cccc(N)c2F)C(C)CO1. The van der Waals surface area contributed by atoms with E-state index in [9.17, 15) is 4.39 Å². The van der Waals surface area contributed by atoms with Crippen LogP contribution < -0.4 is 5.73 Å². The Morgan fingerprint density at radius 2 is 2.24 bits per heavy atom. The van der Waals surface area contributed by atoms with Crippen LogP contribution in [0.1, 0.15) is 19.4 Å². The average molecular weight is 238 g/mol. The van der Waals surface area contributed by atoms with Crippen molar-refractivity contribution in [3.8, 4) is 0 Å². The molecule has 0 radical (unpaired) electrons. The third-order valence-corrected chi connectivity index (χ3v) is 3.22. The van der Waals surface area contributed by atoms with Crippen LogP contribution >= 0.6 is 0 Å². The molecule has 0 spiro atoms. The first-order valence-corrected chi connectivity index (χ1v) is 5.96. The number of nitrogens with two attached hydrogens (primary N) is 1. The Bertz CT molecular complexity index is 397.